The standard InChI is InChI=1S/C20H26N6S/c1-15(2)19-25-17(14-27-19)13-23-20(21-3)22-11-9-16-5-7-18(8-6-16)26-12-4-10-24-26/h4-8,10,12,14-15H,9,11,13H2,1-3H3,(H2,21,22,23). The molecule has 142 valence electrons. The van der Waals surface area contributed by atoms with Crippen LogP contribution in [0.3, 0.4) is 0 Å². The molecule has 0 saturated carbocycles. The third-order valence-electron chi connectivity index (χ3n) is 4.14. The Morgan fingerprint density at radius 2 is 2.04 bits per heavy atom. The number of hydrogen-bond donors (Lipinski definition) is 2. The van der Waals surface area contributed by atoms with Crippen molar-refractivity contribution < 1.29 is 0 Å². The van der Waals surface area contributed by atoms with E-state index < -0.39 is 0 Å². The average molecular weight is 383 g/mol. The molecule has 0 bridgehead atoms. The fraction of sp³-hybridized carbons (Fsp3) is 0.350. The predicted molar refractivity (Wildman–Crippen MR) is 112 cm³/mol. The summed E-state index contributed by atoms with van der Waals surface area (Å²) in [7, 11) is 1.79. The van der Waals surface area contributed by atoms with Gasteiger partial charge in [0, 0.05) is 37.3 Å². The molecule has 2 aromatic heterocycles. The maximum absolute atomic E-state index is 4.64. The number of thiazole rings is 1. The molecule has 0 fully saturated rings. The van der Waals surface area contributed by atoms with Crippen LogP contribution in [0.4, 0.5) is 0 Å². The summed E-state index contributed by atoms with van der Waals surface area (Å²) in [6, 6.07) is 10.4. The van der Waals surface area contributed by atoms with E-state index in [1.54, 1.807) is 24.6 Å². The fourth-order valence-electron chi connectivity index (χ4n) is 2.63. The van der Waals surface area contributed by atoms with Crippen LogP contribution in [-0.4, -0.2) is 34.3 Å². The largest absolute Gasteiger partial charge is 0.356 e. The maximum atomic E-state index is 4.64. The minimum Gasteiger partial charge on any atom is -0.356 e. The van der Waals surface area contributed by atoms with Crippen molar-refractivity contribution in [2.45, 2.75) is 32.7 Å². The number of aliphatic imine (C=N–C) groups is 1. The normalized spacial score (nSPS) is 11.8. The van der Waals surface area contributed by atoms with Gasteiger partial charge in [0.05, 0.1) is 22.9 Å². The Morgan fingerprint density at radius 1 is 1.22 bits per heavy atom. The van der Waals surface area contributed by atoms with Gasteiger partial charge in [-0.15, -0.1) is 11.3 Å². The smallest absolute Gasteiger partial charge is 0.191 e. The first-order valence-corrected chi connectivity index (χ1v) is 10.0. The fourth-order valence-corrected chi connectivity index (χ4v) is 3.46. The van der Waals surface area contributed by atoms with Crippen LogP contribution in [0.5, 0.6) is 0 Å². The van der Waals surface area contributed by atoms with Gasteiger partial charge in [-0.3, -0.25) is 4.99 Å². The molecule has 0 aliphatic rings. The molecule has 0 amide bonds. The predicted octanol–water partition coefficient (Wildman–Crippen LogP) is 3.36. The summed E-state index contributed by atoms with van der Waals surface area (Å²) < 4.78 is 1.86. The quantitative estimate of drug-likeness (QED) is 0.486. The summed E-state index contributed by atoms with van der Waals surface area (Å²) in [5, 5.41) is 14.2. The molecule has 0 radical (unpaired) electrons. The Labute approximate surface area is 164 Å². The van der Waals surface area contributed by atoms with E-state index in [9.17, 15) is 0 Å². The van der Waals surface area contributed by atoms with Crippen LogP contribution >= 0.6 is 11.3 Å². The molecular formula is C20H26N6S. The summed E-state index contributed by atoms with van der Waals surface area (Å²) in [5.74, 6) is 1.27. The van der Waals surface area contributed by atoms with Gasteiger partial charge in [-0.2, -0.15) is 5.10 Å². The van der Waals surface area contributed by atoms with Gasteiger partial charge in [-0.1, -0.05) is 26.0 Å². The highest BCUT2D eigenvalue weighted by molar-refractivity contribution is 7.09. The summed E-state index contributed by atoms with van der Waals surface area (Å²) in [6.45, 7) is 5.83. The van der Waals surface area contributed by atoms with Crippen LogP contribution in [0.1, 0.15) is 36.0 Å². The van der Waals surface area contributed by atoms with E-state index in [2.05, 4.69) is 69.2 Å². The molecule has 2 N–H and O–H groups in total. The lowest BCUT2D eigenvalue weighted by Gasteiger charge is -2.11. The second-order valence-electron chi connectivity index (χ2n) is 6.55. The topological polar surface area (TPSA) is 67.1 Å². The van der Waals surface area contributed by atoms with Gasteiger partial charge in [-0.05, 0) is 30.2 Å². The Morgan fingerprint density at radius 3 is 2.67 bits per heavy atom. The molecule has 0 aliphatic carbocycles. The zero-order valence-corrected chi connectivity index (χ0v) is 16.8. The molecule has 6 nitrogen and oxygen atoms in total. The number of benzene rings is 1. The number of rotatable bonds is 7. The van der Waals surface area contributed by atoms with E-state index in [1.807, 2.05) is 16.9 Å². The van der Waals surface area contributed by atoms with Crippen LogP contribution in [-0.2, 0) is 13.0 Å². The molecule has 1 aromatic carbocycles. The van der Waals surface area contributed by atoms with Crippen molar-refractivity contribution >= 4 is 17.3 Å². The lowest BCUT2D eigenvalue weighted by Crippen LogP contribution is -2.37. The molecular weight excluding hydrogens is 356 g/mol. The van der Waals surface area contributed by atoms with Crippen LogP contribution in [0, 0.1) is 0 Å². The number of nitrogens with zero attached hydrogens (tertiary/aromatic N) is 4. The maximum Gasteiger partial charge on any atom is 0.191 e. The molecule has 0 spiro atoms. The zero-order chi connectivity index (χ0) is 19.1. The van der Waals surface area contributed by atoms with Gasteiger partial charge >= 0.3 is 0 Å². The number of hydrogen-bond acceptors (Lipinski definition) is 4. The minimum atomic E-state index is 0.473. The van der Waals surface area contributed by atoms with Crippen molar-refractivity contribution in [1.82, 2.24) is 25.4 Å². The molecule has 0 atom stereocenters. The number of nitrogens with one attached hydrogen (secondary N) is 2. The summed E-state index contributed by atoms with van der Waals surface area (Å²) in [4.78, 5) is 8.92. The average Bonchev–Trinajstić information content (AvgIpc) is 3.37. The van der Waals surface area contributed by atoms with Gasteiger partial charge in [0.1, 0.15) is 0 Å². The van der Waals surface area contributed by atoms with E-state index in [1.165, 1.54) is 10.6 Å². The van der Waals surface area contributed by atoms with Crippen LogP contribution < -0.4 is 10.6 Å². The Kier molecular flexibility index (Phi) is 6.59. The van der Waals surface area contributed by atoms with Crippen molar-refractivity contribution in [3.63, 3.8) is 0 Å². The second-order valence-corrected chi connectivity index (χ2v) is 7.44. The molecule has 27 heavy (non-hydrogen) atoms. The SMILES string of the molecule is CN=C(NCCc1ccc(-n2cccn2)cc1)NCc1csc(C(C)C)n1. The number of guanidine groups is 1. The van der Waals surface area contributed by atoms with Crippen molar-refractivity contribution in [1.29, 1.82) is 0 Å². The van der Waals surface area contributed by atoms with Crippen LogP contribution in [0.15, 0.2) is 53.1 Å². The molecule has 3 aromatic rings. The van der Waals surface area contributed by atoms with Crippen LogP contribution in [0.25, 0.3) is 5.69 Å². The molecule has 0 saturated heterocycles. The highest BCUT2D eigenvalue weighted by atomic mass is 32.1. The molecule has 2 heterocycles. The molecule has 0 aliphatic heterocycles. The molecule has 3 rings (SSSR count). The van der Waals surface area contributed by atoms with Gasteiger partial charge in [0.2, 0.25) is 0 Å². The third-order valence-corrected chi connectivity index (χ3v) is 5.33. The van der Waals surface area contributed by atoms with Gasteiger partial charge < -0.3 is 10.6 Å². The number of aromatic nitrogens is 3. The molecule has 0 unspecified atom stereocenters. The summed E-state index contributed by atoms with van der Waals surface area (Å²) in [5.41, 5.74) is 3.40. The highest BCUT2D eigenvalue weighted by Gasteiger charge is 2.06. The Balaban J connectivity index is 1.44. The highest BCUT2D eigenvalue weighted by Crippen LogP contribution is 2.18. The van der Waals surface area contributed by atoms with Gasteiger partial charge in [-0.25, -0.2) is 9.67 Å². The zero-order valence-electron chi connectivity index (χ0n) is 16.0. The summed E-state index contributed by atoms with van der Waals surface area (Å²) >= 11 is 1.71. The Bertz CT molecular complexity index is 849. The van der Waals surface area contributed by atoms with Gasteiger partial charge in [0.15, 0.2) is 5.96 Å². The lowest BCUT2D eigenvalue weighted by molar-refractivity contribution is 0.775. The Hall–Kier alpha value is -2.67. The van der Waals surface area contributed by atoms with Crippen molar-refractivity contribution in [3.8, 4) is 5.69 Å². The van der Waals surface area contributed by atoms with Crippen molar-refractivity contribution in [2.24, 2.45) is 4.99 Å². The summed E-state index contributed by atoms with van der Waals surface area (Å²) in [6.07, 6.45) is 4.65. The first-order chi connectivity index (χ1) is 13.2. The first kappa shape index (κ1) is 19.1. The van der Waals surface area contributed by atoms with E-state index in [0.717, 1.165) is 30.3 Å². The van der Waals surface area contributed by atoms with Gasteiger partial charge in [0.25, 0.3) is 0 Å². The van der Waals surface area contributed by atoms with E-state index in [-0.39, 0.29) is 0 Å². The lowest BCUT2D eigenvalue weighted by atomic mass is 10.1. The van der Waals surface area contributed by atoms with Crippen molar-refractivity contribution in [3.05, 3.63) is 64.4 Å². The van der Waals surface area contributed by atoms with Crippen LogP contribution in [0.2, 0.25) is 0 Å². The second kappa shape index (κ2) is 9.32. The van der Waals surface area contributed by atoms with E-state index in [0.29, 0.717) is 12.5 Å². The molecule has 7 heteroatoms. The van der Waals surface area contributed by atoms with E-state index in [4.69, 9.17) is 0 Å². The van der Waals surface area contributed by atoms with E-state index >= 15 is 0 Å². The van der Waals surface area contributed by atoms with Crippen molar-refractivity contribution in [2.75, 3.05) is 13.6 Å². The minimum absolute atomic E-state index is 0.473. The first-order valence-electron chi connectivity index (χ1n) is 9.13. The third kappa shape index (κ3) is 5.40. The monoisotopic (exact) mass is 382 g/mol.